The minimum atomic E-state index is -4.55. The molecular weight excluding hydrogens is 479 g/mol. The molecule has 1 aromatic carbocycles. The number of piperazine rings is 1. The first-order valence-corrected chi connectivity index (χ1v) is 11.5. The molecule has 0 bridgehead atoms. The van der Waals surface area contributed by atoms with Crippen molar-refractivity contribution in [1.29, 1.82) is 0 Å². The first-order valence-electron chi connectivity index (χ1n) is 10.1. The third-order valence-corrected chi connectivity index (χ3v) is 7.38. The second-order valence-corrected chi connectivity index (χ2v) is 9.58. The highest BCUT2D eigenvalue weighted by atomic mass is 32.2. The van der Waals surface area contributed by atoms with Gasteiger partial charge in [0.05, 0.1) is 17.6 Å². The fourth-order valence-electron chi connectivity index (χ4n) is 3.64. The van der Waals surface area contributed by atoms with Gasteiger partial charge in [-0.3, -0.25) is 4.79 Å². The number of carbonyl (C=O) groups excluding carboxylic acids is 1. The van der Waals surface area contributed by atoms with E-state index in [1.807, 2.05) is 0 Å². The number of hydrogen-bond donors (Lipinski definition) is 1. The number of nitrogens with zero attached hydrogens (tertiary/aromatic N) is 3. The van der Waals surface area contributed by atoms with Crippen molar-refractivity contribution in [2.75, 3.05) is 31.6 Å². The van der Waals surface area contributed by atoms with Gasteiger partial charge in [0, 0.05) is 25.8 Å². The Balaban J connectivity index is 1.91. The summed E-state index contributed by atoms with van der Waals surface area (Å²) in [5.41, 5.74) is 0.0915. The van der Waals surface area contributed by atoms with Gasteiger partial charge in [0.2, 0.25) is 10.0 Å². The van der Waals surface area contributed by atoms with Gasteiger partial charge in [0.15, 0.2) is 0 Å². The van der Waals surface area contributed by atoms with Crippen LogP contribution in [0.15, 0.2) is 41.4 Å². The number of aromatic nitrogens is 1. The maximum Gasteiger partial charge on any atom is 0.485 e. The van der Waals surface area contributed by atoms with Gasteiger partial charge < -0.3 is 19.5 Å². The molecule has 2 N–H and O–H groups in total. The van der Waals surface area contributed by atoms with E-state index in [1.165, 1.54) is 23.1 Å². The molecule has 0 aliphatic carbocycles. The van der Waals surface area contributed by atoms with Crippen LogP contribution in [0, 0.1) is 6.92 Å². The number of anilines is 1. The predicted molar refractivity (Wildman–Crippen MR) is 116 cm³/mol. The Morgan fingerprint density at radius 3 is 2.53 bits per heavy atom. The molecule has 1 aliphatic heterocycles. The summed E-state index contributed by atoms with van der Waals surface area (Å²) in [6.45, 7) is 1.40. The monoisotopic (exact) mass is 502 g/mol. The van der Waals surface area contributed by atoms with Crippen LogP contribution >= 0.6 is 0 Å². The molecule has 2 aromatic rings. The predicted octanol–water partition coefficient (Wildman–Crippen LogP) is 2.06. The molecule has 0 spiro atoms. The molecule has 184 valence electrons. The van der Waals surface area contributed by atoms with Crippen molar-refractivity contribution in [3.8, 4) is 0 Å². The van der Waals surface area contributed by atoms with Crippen LogP contribution in [-0.4, -0.2) is 72.3 Å². The molecule has 0 unspecified atom stereocenters. The summed E-state index contributed by atoms with van der Waals surface area (Å²) < 4.78 is 71.0. The molecule has 1 aromatic heterocycles. The van der Waals surface area contributed by atoms with Crippen molar-refractivity contribution in [2.24, 2.45) is 0 Å². The first kappa shape index (κ1) is 25.4. The molecule has 34 heavy (non-hydrogen) atoms. The lowest BCUT2D eigenvalue weighted by atomic mass is 10.1. The molecule has 13 heteroatoms. The van der Waals surface area contributed by atoms with Gasteiger partial charge in [0.1, 0.15) is 18.3 Å². The van der Waals surface area contributed by atoms with E-state index in [2.05, 4.69) is 4.98 Å². The number of aliphatic carboxylic acids is 1. The highest BCUT2D eigenvalue weighted by Gasteiger charge is 2.41. The minimum Gasteiger partial charge on any atom is -0.468 e. The molecule has 0 radical (unpaired) electrons. The standard InChI is InChI=1S/C21H22F3N3O6S/c1-13-3-5-16(9-14(13)10-19(28)29)34(31,32)27-8-7-26(12-17(27)20(30)33-2)18-6-4-15(11-25-18)21(22,23)24/h3-6,9,11,17H,7-8,10,12H2,1-2H3,(H,28,29)/p+1/t17-/m0/s1. The molecule has 1 aliphatic rings. The van der Waals surface area contributed by atoms with Gasteiger partial charge in [-0.1, -0.05) is 6.07 Å². The minimum absolute atomic E-state index is 0.0645. The zero-order chi connectivity index (χ0) is 25.3. The number of carboxylic acid groups (broad SMARTS) is 1. The van der Waals surface area contributed by atoms with Gasteiger partial charge in [-0.15, -0.1) is 0 Å². The summed E-state index contributed by atoms with van der Waals surface area (Å²) in [5.74, 6) is -1.55. The number of methoxy groups -OCH3 is 1. The zero-order valence-electron chi connectivity index (χ0n) is 18.3. The fourth-order valence-corrected chi connectivity index (χ4v) is 5.25. The second-order valence-electron chi connectivity index (χ2n) is 7.68. The third-order valence-electron chi connectivity index (χ3n) is 5.48. The summed E-state index contributed by atoms with van der Waals surface area (Å²) >= 11 is 0. The van der Waals surface area contributed by atoms with Crippen molar-refractivity contribution < 1.29 is 41.0 Å². The van der Waals surface area contributed by atoms with E-state index in [9.17, 15) is 36.3 Å². The van der Waals surface area contributed by atoms with E-state index < -0.39 is 39.7 Å². The topological polar surface area (TPSA) is 121 Å². The summed E-state index contributed by atoms with van der Waals surface area (Å²) in [5, 5.41) is 9.20. The van der Waals surface area contributed by atoms with E-state index in [0.717, 1.165) is 23.5 Å². The van der Waals surface area contributed by atoms with Crippen LogP contribution in [0.2, 0.25) is 0 Å². The van der Waals surface area contributed by atoms with Crippen LogP contribution < -0.4 is 4.90 Å². The van der Waals surface area contributed by atoms with Crippen molar-refractivity contribution in [1.82, 2.24) is 9.29 Å². The number of carbonyl (C=O) groups is 1. The maximum absolute atomic E-state index is 13.4. The maximum atomic E-state index is 13.4. The molecule has 1 fully saturated rings. The second kappa shape index (κ2) is 9.58. The van der Waals surface area contributed by atoms with Gasteiger partial charge in [0.25, 0.3) is 0 Å². The molecule has 1 saturated heterocycles. The van der Waals surface area contributed by atoms with E-state index >= 15 is 0 Å². The quantitative estimate of drug-likeness (QED) is 0.474. The molecule has 0 saturated carbocycles. The first-order chi connectivity index (χ1) is 15.8. The number of carboxylic acids is 1. The fraction of sp³-hybridized carbons (Fsp3) is 0.381. The van der Waals surface area contributed by atoms with Crippen molar-refractivity contribution in [2.45, 2.75) is 30.5 Å². The lowest BCUT2D eigenvalue weighted by molar-refractivity contribution is -0.145. The molecular formula is C21H23F3N3O6S+. The van der Waals surface area contributed by atoms with E-state index in [1.54, 1.807) is 6.92 Å². The molecule has 3 rings (SSSR count). The molecule has 9 nitrogen and oxygen atoms in total. The SMILES string of the molecule is COC(=O)[C@@H]1CN(c2ccc(C(F)(F)F)cn2)CCN1S(=O)(=O)c1ccc(C)c(CC(O)=[OH+])c1. The Kier molecular flexibility index (Phi) is 7.17. The summed E-state index contributed by atoms with van der Waals surface area (Å²) in [6.07, 6.45) is -4.14. The third kappa shape index (κ3) is 5.30. The number of hydrogen-bond acceptors (Lipinski definition) is 6. The average molecular weight is 502 g/mol. The van der Waals surface area contributed by atoms with Gasteiger partial charge in [-0.2, -0.15) is 17.5 Å². The average Bonchev–Trinajstić information content (AvgIpc) is 2.78. The highest BCUT2D eigenvalue weighted by Crippen LogP contribution is 2.30. The number of esters is 1. The summed E-state index contributed by atoms with van der Waals surface area (Å²) in [4.78, 5) is 26.9. The van der Waals surface area contributed by atoms with Crippen molar-refractivity contribution >= 4 is 27.8 Å². The number of rotatable bonds is 6. The van der Waals surface area contributed by atoms with Crippen LogP contribution in [0.4, 0.5) is 19.0 Å². The zero-order valence-corrected chi connectivity index (χ0v) is 19.1. The largest absolute Gasteiger partial charge is 0.485 e. The van der Waals surface area contributed by atoms with Crippen molar-refractivity contribution in [3.05, 3.63) is 53.2 Å². The van der Waals surface area contributed by atoms with Crippen LogP contribution in [0.25, 0.3) is 0 Å². The smallest absolute Gasteiger partial charge is 0.468 e. The number of aliphatic hydroxyl groups excluding tert-OH is 1. The number of sulfonamides is 1. The lowest BCUT2D eigenvalue weighted by Gasteiger charge is -2.39. The number of benzene rings is 1. The number of halogens is 3. The number of alkyl halides is 3. The van der Waals surface area contributed by atoms with E-state index in [4.69, 9.17) is 4.74 Å². The van der Waals surface area contributed by atoms with Gasteiger partial charge in [-0.05, 0) is 42.3 Å². The Hall–Kier alpha value is -3.19. The Morgan fingerprint density at radius 1 is 1.26 bits per heavy atom. The van der Waals surface area contributed by atoms with Gasteiger partial charge >= 0.3 is 18.1 Å². The summed E-state index contributed by atoms with van der Waals surface area (Å²) in [6, 6.07) is 4.90. The molecule has 0 amide bonds. The van der Waals surface area contributed by atoms with Crippen LogP contribution in [0.5, 0.6) is 0 Å². The summed E-state index contributed by atoms with van der Waals surface area (Å²) in [7, 11) is -3.11. The highest BCUT2D eigenvalue weighted by molar-refractivity contribution is 7.89. The Morgan fingerprint density at radius 2 is 1.97 bits per heavy atom. The normalized spacial score (nSPS) is 17.4. The number of aryl methyl sites for hydroxylation is 1. The van der Waals surface area contributed by atoms with E-state index in [-0.39, 0.29) is 36.8 Å². The van der Waals surface area contributed by atoms with E-state index in [0.29, 0.717) is 17.3 Å². The van der Waals surface area contributed by atoms with Crippen molar-refractivity contribution in [3.63, 3.8) is 0 Å². The molecule has 2 heterocycles. The number of pyridine rings is 1. The molecule has 1 atom stereocenters. The number of ether oxygens (including phenoxy) is 1. The Bertz CT molecular complexity index is 1190. The van der Waals surface area contributed by atoms with Crippen LogP contribution in [0.1, 0.15) is 16.7 Å². The van der Waals surface area contributed by atoms with Crippen LogP contribution in [-0.2, 0) is 32.2 Å². The van der Waals surface area contributed by atoms with Gasteiger partial charge in [-0.25, -0.2) is 13.4 Å². The lowest BCUT2D eigenvalue weighted by Crippen LogP contribution is -2.58. The van der Waals surface area contributed by atoms with Crippen LogP contribution in [0.3, 0.4) is 0 Å². The Labute approximate surface area is 193 Å².